The van der Waals surface area contributed by atoms with E-state index < -0.39 is 22.7 Å². The molecule has 2 aromatic rings. The van der Waals surface area contributed by atoms with Gasteiger partial charge < -0.3 is 14.0 Å². The summed E-state index contributed by atoms with van der Waals surface area (Å²) in [6.45, 7) is 5.39. The number of ether oxygens (including phenoxy) is 2. The van der Waals surface area contributed by atoms with Crippen molar-refractivity contribution in [3.63, 3.8) is 0 Å². The molecule has 0 N–H and O–H groups in total. The zero-order chi connectivity index (χ0) is 21.8. The van der Waals surface area contributed by atoms with Gasteiger partial charge in [0.2, 0.25) is 0 Å². The number of esters is 1. The lowest BCUT2D eigenvalue weighted by Gasteiger charge is -2.30. The summed E-state index contributed by atoms with van der Waals surface area (Å²) in [4.78, 5) is 33.1. The van der Waals surface area contributed by atoms with Gasteiger partial charge in [0.25, 0.3) is 11.6 Å². The zero-order valence-electron chi connectivity index (χ0n) is 17.1. The Morgan fingerprint density at radius 3 is 2.60 bits per heavy atom. The van der Waals surface area contributed by atoms with Crippen molar-refractivity contribution in [3.05, 3.63) is 57.4 Å². The number of nitrogens with zero attached hydrogens (tertiary/aromatic N) is 4. The molecule has 0 radical (unpaired) electrons. The van der Waals surface area contributed by atoms with Gasteiger partial charge in [0.05, 0.1) is 11.5 Å². The maximum Gasteiger partial charge on any atom is 0.315 e. The van der Waals surface area contributed by atoms with Gasteiger partial charge in [-0.3, -0.25) is 19.9 Å². The minimum Gasteiger partial charge on any atom is -0.463 e. The Bertz CT molecular complexity index is 1030. The first-order chi connectivity index (χ1) is 14.3. The minimum atomic E-state index is -0.895. The number of aliphatic imine (C=N–C) groups is 1. The predicted octanol–water partition coefficient (Wildman–Crippen LogP) is 3.08. The number of hydrogen-bond donors (Lipinski definition) is 0. The molecule has 1 aromatic carbocycles. The van der Waals surface area contributed by atoms with E-state index >= 15 is 0 Å². The number of hydrogen-bond acceptors (Lipinski definition) is 9. The number of nitro groups is 1. The molecular formula is C20H22N4O6. The highest BCUT2D eigenvalue weighted by molar-refractivity contribution is 6.06. The Balaban J connectivity index is 2.19. The lowest BCUT2D eigenvalue weighted by atomic mass is 9.75. The number of rotatable bonds is 7. The normalized spacial score (nSPS) is 18.9. The Hall–Kier alpha value is -3.40. The van der Waals surface area contributed by atoms with Gasteiger partial charge in [0, 0.05) is 41.6 Å². The fourth-order valence-corrected chi connectivity index (χ4v) is 3.60. The van der Waals surface area contributed by atoms with Crippen LogP contribution in [0.1, 0.15) is 37.0 Å². The third kappa shape index (κ3) is 4.13. The number of nitro benzene ring substituents is 1. The summed E-state index contributed by atoms with van der Waals surface area (Å²) in [6, 6.07) is 6.27. The van der Waals surface area contributed by atoms with E-state index in [2.05, 4.69) is 15.1 Å². The number of benzene rings is 1. The summed E-state index contributed by atoms with van der Waals surface area (Å²) in [6.07, 6.45) is 0. The molecule has 2 unspecified atom stereocenters. The van der Waals surface area contributed by atoms with Crippen LogP contribution in [0.3, 0.4) is 0 Å². The number of carbonyl (C=O) groups is 1. The lowest BCUT2D eigenvalue weighted by molar-refractivity contribution is -0.385. The molecule has 1 aliphatic rings. The van der Waals surface area contributed by atoms with Crippen molar-refractivity contribution in [2.45, 2.75) is 26.7 Å². The van der Waals surface area contributed by atoms with Gasteiger partial charge in [0.1, 0.15) is 12.5 Å². The van der Waals surface area contributed by atoms with Crippen LogP contribution < -0.4 is 0 Å². The van der Waals surface area contributed by atoms with Crippen molar-refractivity contribution in [3.8, 4) is 0 Å². The molecule has 30 heavy (non-hydrogen) atoms. The van der Waals surface area contributed by atoms with E-state index in [1.807, 2.05) is 0 Å². The van der Waals surface area contributed by atoms with E-state index in [9.17, 15) is 14.9 Å². The van der Waals surface area contributed by atoms with Crippen molar-refractivity contribution in [1.29, 1.82) is 0 Å². The zero-order valence-corrected chi connectivity index (χ0v) is 17.1. The number of methoxy groups -OCH3 is 1. The molecular weight excluding hydrogens is 392 g/mol. The summed E-state index contributed by atoms with van der Waals surface area (Å²) >= 11 is 0. The largest absolute Gasteiger partial charge is 0.463 e. The van der Waals surface area contributed by atoms with Gasteiger partial charge in [-0.1, -0.05) is 23.4 Å². The smallest absolute Gasteiger partial charge is 0.315 e. The average molecular weight is 414 g/mol. The Kier molecular flexibility index (Phi) is 6.36. The lowest BCUT2D eigenvalue weighted by Crippen LogP contribution is -2.34. The van der Waals surface area contributed by atoms with Crippen LogP contribution in [0.4, 0.5) is 5.69 Å². The molecule has 2 atom stereocenters. The summed E-state index contributed by atoms with van der Waals surface area (Å²) in [5.41, 5.74) is 1.71. The predicted molar refractivity (Wildman–Crippen MR) is 107 cm³/mol. The van der Waals surface area contributed by atoms with Crippen LogP contribution in [0.25, 0.3) is 5.57 Å². The number of carbonyl (C=O) groups excluding carboxylic acids is 1. The molecule has 2 heterocycles. The van der Waals surface area contributed by atoms with E-state index in [-0.39, 0.29) is 24.8 Å². The van der Waals surface area contributed by atoms with Crippen LogP contribution in [0.15, 0.2) is 39.5 Å². The van der Waals surface area contributed by atoms with Gasteiger partial charge >= 0.3 is 5.97 Å². The highest BCUT2D eigenvalue weighted by Gasteiger charge is 2.44. The van der Waals surface area contributed by atoms with Crippen molar-refractivity contribution < 1.29 is 23.7 Å². The van der Waals surface area contributed by atoms with Crippen LogP contribution in [0.2, 0.25) is 0 Å². The van der Waals surface area contributed by atoms with E-state index in [0.29, 0.717) is 28.4 Å². The topological polar surface area (TPSA) is 130 Å². The third-order valence-corrected chi connectivity index (χ3v) is 4.84. The van der Waals surface area contributed by atoms with Gasteiger partial charge in [0.15, 0.2) is 5.82 Å². The number of aryl methyl sites for hydroxylation is 1. The van der Waals surface area contributed by atoms with E-state index in [1.54, 1.807) is 39.0 Å². The molecule has 10 nitrogen and oxygen atoms in total. The monoisotopic (exact) mass is 414 g/mol. The van der Waals surface area contributed by atoms with Gasteiger partial charge in [-0.05, 0) is 20.8 Å². The van der Waals surface area contributed by atoms with Crippen LogP contribution >= 0.6 is 0 Å². The van der Waals surface area contributed by atoms with E-state index in [1.165, 1.54) is 13.2 Å². The quantitative estimate of drug-likeness (QED) is 0.292. The summed E-state index contributed by atoms with van der Waals surface area (Å²) in [5.74, 6) is -1.67. The molecule has 1 aliphatic heterocycles. The molecule has 0 saturated carbocycles. The molecule has 0 aliphatic carbocycles. The van der Waals surface area contributed by atoms with Crippen LogP contribution in [0.5, 0.6) is 0 Å². The molecule has 0 saturated heterocycles. The fourth-order valence-electron chi connectivity index (χ4n) is 3.60. The standard InChI is InChI=1S/C20H22N4O6/c1-11-16(19-22-13(3)23-30-19)18(14-7-5-6-8-15(14)24(26)27)17(12(2)21-11)20(25)29-10-9-28-4/h5-8,17-18H,9-10H2,1-4H3. The molecule has 3 rings (SSSR count). The number of para-hydroxylation sites is 1. The third-order valence-electron chi connectivity index (χ3n) is 4.84. The molecule has 0 amide bonds. The SMILES string of the molecule is COCCOC(=O)C1C(C)=NC(C)=C(c2nc(C)no2)C1c1ccccc1[N+](=O)[O-]. The molecule has 1 aromatic heterocycles. The Morgan fingerprint density at radius 1 is 1.23 bits per heavy atom. The second-order valence-corrected chi connectivity index (χ2v) is 6.83. The first kappa shape index (κ1) is 21.3. The highest BCUT2D eigenvalue weighted by Crippen LogP contribution is 2.46. The second kappa shape index (κ2) is 8.95. The van der Waals surface area contributed by atoms with Crippen LogP contribution in [-0.2, 0) is 14.3 Å². The Morgan fingerprint density at radius 2 is 1.97 bits per heavy atom. The first-order valence-electron chi connectivity index (χ1n) is 9.30. The highest BCUT2D eigenvalue weighted by atomic mass is 16.6. The molecule has 10 heteroatoms. The fraction of sp³-hybridized carbons (Fsp3) is 0.400. The number of allylic oxidation sites excluding steroid dienone is 2. The molecule has 0 bridgehead atoms. The van der Waals surface area contributed by atoms with Crippen LogP contribution in [-0.4, -0.2) is 47.1 Å². The maximum atomic E-state index is 13.0. The summed E-state index contributed by atoms with van der Waals surface area (Å²) < 4.78 is 15.7. The van der Waals surface area contributed by atoms with Gasteiger partial charge in [-0.15, -0.1) is 0 Å². The van der Waals surface area contributed by atoms with Crippen molar-refractivity contribution in [1.82, 2.24) is 10.1 Å². The summed E-state index contributed by atoms with van der Waals surface area (Å²) in [5, 5.41) is 15.6. The molecule has 0 fully saturated rings. The summed E-state index contributed by atoms with van der Waals surface area (Å²) in [7, 11) is 1.50. The minimum absolute atomic E-state index is 0.0560. The first-order valence-corrected chi connectivity index (χ1v) is 9.30. The second-order valence-electron chi connectivity index (χ2n) is 6.83. The van der Waals surface area contributed by atoms with Gasteiger partial charge in [-0.2, -0.15) is 4.98 Å². The van der Waals surface area contributed by atoms with Crippen molar-refractivity contribution in [2.24, 2.45) is 10.9 Å². The van der Waals surface area contributed by atoms with E-state index in [4.69, 9.17) is 14.0 Å². The van der Waals surface area contributed by atoms with Crippen LogP contribution in [0, 0.1) is 23.0 Å². The Labute approximate surface area is 172 Å². The average Bonchev–Trinajstić information content (AvgIpc) is 3.13. The molecule has 158 valence electrons. The van der Waals surface area contributed by atoms with E-state index in [0.717, 1.165) is 0 Å². The van der Waals surface area contributed by atoms with Gasteiger partial charge in [-0.25, -0.2) is 0 Å². The number of aromatic nitrogens is 2. The van der Waals surface area contributed by atoms with Crippen molar-refractivity contribution >= 4 is 22.9 Å². The maximum absolute atomic E-state index is 13.0. The molecule has 0 spiro atoms. The van der Waals surface area contributed by atoms with Crippen molar-refractivity contribution in [2.75, 3.05) is 20.3 Å².